The van der Waals surface area contributed by atoms with Gasteiger partial charge in [0.05, 0.1) is 6.04 Å². The van der Waals surface area contributed by atoms with E-state index in [4.69, 9.17) is 4.74 Å². The number of hydrogen-bond donors (Lipinski definition) is 1. The van der Waals surface area contributed by atoms with E-state index in [0.29, 0.717) is 6.42 Å². The Labute approximate surface area is 161 Å². The van der Waals surface area contributed by atoms with Crippen LogP contribution in [0.2, 0.25) is 0 Å². The van der Waals surface area contributed by atoms with Crippen molar-refractivity contribution in [2.24, 2.45) is 0 Å². The monoisotopic (exact) mass is 361 g/mol. The summed E-state index contributed by atoms with van der Waals surface area (Å²) in [6.45, 7) is 6.10. The predicted molar refractivity (Wildman–Crippen MR) is 111 cm³/mol. The van der Waals surface area contributed by atoms with Crippen LogP contribution < -0.4 is 10.1 Å². The maximum atomic E-state index is 12.7. The molecule has 0 aliphatic rings. The first-order valence-corrected chi connectivity index (χ1v) is 9.65. The molecule has 3 aromatic carbocycles. The van der Waals surface area contributed by atoms with Crippen molar-refractivity contribution in [1.82, 2.24) is 5.32 Å². The molecule has 0 saturated carbocycles. The third kappa shape index (κ3) is 4.68. The van der Waals surface area contributed by atoms with Crippen molar-refractivity contribution in [3.05, 3.63) is 77.9 Å². The van der Waals surface area contributed by atoms with Crippen LogP contribution in [0, 0.1) is 0 Å². The third-order valence-electron chi connectivity index (χ3n) is 4.91. The second kappa shape index (κ2) is 8.72. The lowest BCUT2D eigenvalue weighted by atomic mass is 10.0. The van der Waals surface area contributed by atoms with Crippen LogP contribution >= 0.6 is 0 Å². The Morgan fingerprint density at radius 2 is 1.67 bits per heavy atom. The van der Waals surface area contributed by atoms with Crippen LogP contribution in [0.5, 0.6) is 5.75 Å². The summed E-state index contributed by atoms with van der Waals surface area (Å²) in [5.41, 5.74) is 2.39. The molecule has 3 aromatic rings. The van der Waals surface area contributed by atoms with Gasteiger partial charge in [0, 0.05) is 0 Å². The van der Waals surface area contributed by atoms with Crippen molar-refractivity contribution in [2.45, 2.75) is 45.8 Å². The number of rotatable bonds is 7. The van der Waals surface area contributed by atoms with Crippen molar-refractivity contribution >= 4 is 16.7 Å². The number of benzene rings is 3. The van der Waals surface area contributed by atoms with Crippen LogP contribution in [0.15, 0.2) is 66.7 Å². The first-order valence-electron chi connectivity index (χ1n) is 9.65. The average molecular weight is 361 g/mol. The van der Waals surface area contributed by atoms with Crippen molar-refractivity contribution in [3.63, 3.8) is 0 Å². The number of aryl methyl sites for hydroxylation is 1. The van der Waals surface area contributed by atoms with E-state index in [1.807, 2.05) is 50.2 Å². The summed E-state index contributed by atoms with van der Waals surface area (Å²) in [7, 11) is 0. The SMILES string of the molecule is CCc1ccc([C@H](C)NC(=O)[C@H](CC)Oc2ccc3ccccc3c2)cc1. The molecule has 0 radical (unpaired) electrons. The molecule has 0 aliphatic carbocycles. The zero-order valence-electron chi connectivity index (χ0n) is 16.2. The van der Waals surface area contributed by atoms with E-state index in [9.17, 15) is 4.79 Å². The number of amides is 1. The van der Waals surface area contributed by atoms with Crippen LogP contribution in [0.1, 0.15) is 44.4 Å². The fourth-order valence-corrected chi connectivity index (χ4v) is 3.16. The van der Waals surface area contributed by atoms with Gasteiger partial charge in [0.2, 0.25) is 0 Å². The van der Waals surface area contributed by atoms with Crippen LogP contribution in [0.25, 0.3) is 10.8 Å². The summed E-state index contributed by atoms with van der Waals surface area (Å²) < 4.78 is 5.99. The van der Waals surface area contributed by atoms with Gasteiger partial charge in [0.1, 0.15) is 5.75 Å². The second-order valence-electron chi connectivity index (χ2n) is 6.85. The number of carbonyl (C=O) groups is 1. The first-order chi connectivity index (χ1) is 13.1. The summed E-state index contributed by atoms with van der Waals surface area (Å²) in [5.74, 6) is 0.633. The number of nitrogens with one attached hydrogen (secondary N) is 1. The Hall–Kier alpha value is -2.81. The molecule has 3 nitrogen and oxygen atoms in total. The minimum absolute atomic E-state index is 0.0577. The fourth-order valence-electron chi connectivity index (χ4n) is 3.16. The quantitative estimate of drug-likeness (QED) is 0.609. The maximum absolute atomic E-state index is 12.7. The number of fused-ring (bicyclic) bond motifs is 1. The molecule has 0 bridgehead atoms. The van der Waals surface area contributed by atoms with Gasteiger partial charge in [0.15, 0.2) is 6.10 Å². The summed E-state index contributed by atoms with van der Waals surface area (Å²) in [6, 6.07) is 22.4. The molecule has 0 aliphatic heterocycles. The van der Waals surface area contributed by atoms with Gasteiger partial charge in [-0.3, -0.25) is 4.79 Å². The normalized spacial score (nSPS) is 13.1. The Morgan fingerprint density at radius 3 is 2.33 bits per heavy atom. The maximum Gasteiger partial charge on any atom is 0.261 e. The molecule has 0 fully saturated rings. The molecule has 3 rings (SSSR count). The molecular weight excluding hydrogens is 334 g/mol. The number of carbonyl (C=O) groups excluding carboxylic acids is 1. The zero-order chi connectivity index (χ0) is 19.2. The Balaban J connectivity index is 1.67. The second-order valence-corrected chi connectivity index (χ2v) is 6.85. The van der Waals surface area contributed by atoms with Gasteiger partial charge >= 0.3 is 0 Å². The van der Waals surface area contributed by atoms with E-state index in [-0.39, 0.29) is 11.9 Å². The van der Waals surface area contributed by atoms with Crippen molar-refractivity contribution in [3.8, 4) is 5.75 Å². The number of ether oxygens (including phenoxy) is 1. The van der Waals surface area contributed by atoms with E-state index in [1.165, 1.54) is 5.56 Å². The van der Waals surface area contributed by atoms with E-state index < -0.39 is 6.10 Å². The summed E-state index contributed by atoms with van der Waals surface area (Å²) in [5, 5.41) is 5.34. The standard InChI is InChI=1S/C24H27NO2/c1-4-18-10-12-19(13-11-18)17(3)25-24(26)23(5-2)27-22-15-14-20-8-6-7-9-21(20)16-22/h6-17,23H,4-5H2,1-3H3,(H,25,26)/t17-,23-/m0/s1. The van der Waals surface area contributed by atoms with Gasteiger partial charge in [-0.05, 0) is 53.8 Å². The molecule has 0 spiro atoms. The highest BCUT2D eigenvalue weighted by molar-refractivity contribution is 5.84. The molecule has 3 heteroatoms. The Kier molecular flexibility index (Phi) is 6.12. The Morgan fingerprint density at radius 1 is 0.963 bits per heavy atom. The molecule has 1 amide bonds. The zero-order valence-corrected chi connectivity index (χ0v) is 16.2. The van der Waals surface area contributed by atoms with Gasteiger partial charge in [-0.15, -0.1) is 0 Å². The average Bonchev–Trinajstić information content (AvgIpc) is 2.71. The van der Waals surface area contributed by atoms with E-state index in [1.54, 1.807) is 0 Å². The lowest BCUT2D eigenvalue weighted by Crippen LogP contribution is -2.39. The lowest BCUT2D eigenvalue weighted by molar-refractivity contribution is -0.128. The van der Waals surface area contributed by atoms with Crippen LogP contribution in [0.3, 0.4) is 0 Å². The Bertz CT molecular complexity index is 902. The highest BCUT2D eigenvalue weighted by atomic mass is 16.5. The number of hydrogen-bond acceptors (Lipinski definition) is 2. The van der Waals surface area contributed by atoms with Crippen molar-refractivity contribution in [2.75, 3.05) is 0 Å². The van der Waals surface area contributed by atoms with Crippen LogP contribution in [0.4, 0.5) is 0 Å². The van der Waals surface area contributed by atoms with Gasteiger partial charge < -0.3 is 10.1 Å². The van der Waals surface area contributed by atoms with E-state index in [2.05, 4.69) is 42.6 Å². The minimum Gasteiger partial charge on any atom is -0.481 e. The van der Waals surface area contributed by atoms with Crippen molar-refractivity contribution < 1.29 is 9.53 Å². The molecule has 0 unspecified atom stereocenters. The van der Waals surface area contributed by atoms with E-state index >= 15 is 0 Å². The summed E-state index contributed by atoms with van der Waals surface area (Å²) in [4.78, 5) is 12.7. The molecule has 2 atom stereocenters. The van der Waals surface area contributed by atoms with Gasteiger partial charge in [-0.2, -0.15) is 0 Å². The minimum atomic E-state index is -0.511. The van der Waals surface area contributed by atoms with Gasteiger partial charge in [-0.1, -0.05) is 68.4 Å². The largest absolute Gasteiger partial charge is 0.481 e. The summed E-state index contributed by atoms with van der Waals surface area (Å²) >= 11 is 0. The summed E-state index contributed by atoms with van der Waals surface area (Å²) in [6.07, 6.45) is 1.11. The highest BCUT2D eigenvalue weighted by Gasteiger charge is 2.20. The molecule has 140 valence electrons. The first kappa shape index (κ1) is 19.0. The van der Waals surface area contributed by atoms with Crippen LogP contribution in [-0.2, 0) is 11.2 Å². The molecule has 0 heterocycles. The molecule has 27 heavy (non-hydrogen) atoms. The topological polar surface area (TPSA) is 38.3 Å². The smallest absolute Gasteiger partial charge is 0.261 e. The molecule has 0 saturated heterocycles. The van der Waals surface area contributed by atoms with Crippen molar-refractivity contribution in [1.29, 1.82) is 0 Å². The highest BCUT2D eigenvalue weighted by Crippen LogP contribution is 2.22. The van der Waals surface area contributed by atoms with Gasteiger partial charge in [0.25, 0.3) is 5.91 Å². The molecule has 1 N–H and O–H groups in total. The third-order valence-corrected chi connectivity index (χ3v) is 4.91. The fraction of sp³-hybridized carbons (Fsp3) is 0.292. The molecule has 0 aromatic heterocycles. The molecular formula is C24H27NO2. The predicted octanol–water partition coefficient (Wildman–Crippen LogP) is 5.44. The van der Waals surface area contributed by atoms with Gasteiger partial charge in [-0.25, -0.2) is 0 Å². The lowest BCUT2D eigenvalue weighted by Gasteiger charge is -2.21. The van der Waals surface area contributed by atoms with Crippen LogP contribution in [-0.4, -0.2) is 12.0 Å². The van der Waals surface area contributed by atoms with E-state index in [0.717, 1.165) is 28.5 Å².